The summed E-state index contributed by atoms with van der Waals surface area (Å²) in [5, 5.41) is 3.08. The minimum atomic E-state index is 0.345. The monoisotopic (exact) mass is 175 g/mol. The van der Waals surface area contributed by atoms with E-state index < -0.39 is 0 Å². The lowest BCUT2D eigenvalue weighted by Crippen LogP contribution is -2.03. The van der Waals surface area contributed by atoms with Crippen LogP contribution in [0.3, 0.4) is 0 Å². The summed E-state index contributed by atoms with van der Waals surface area (Å²) in [5.41, 5.74) is 0.977. The van der Waals surface area contributed by atoms with Crippen LogP contribution >= 0.6 is 0 Å². The summed E-state index contributed by atoms with van der Waals surface area (Å²) in [6, 6.07) is 0. The summed E-state index contributed by atoms with van der Waals surface area (Å²) in [7, 11) is 0. The number of hydrogen-bond donors (Lipinski definition) is 1. The molecule has 0 heterocycles. The molecular weight excluding hydrogens is 158 g/mol. The molecule has 1 N–H and O–H groups in total. The molecule has 0 radical (unpaired) electrons. The Bertz CT molecular complexity index is 234. The van der Waals surface area contributed by atoms with Crippen molar-refractivity contribution in [3.8, 4) is 0 Å². The molecule has 70 valence electrons. The van der Waals surface area contributed by atoms with Gasteiger partial charge in [-0.25, -0.2) is 0 Å². The molecule has 0 aliphatic heterocycles. The summed E-state index contributed by atoms with van der Waals surface area (Å²) in [5.74, 6) is 0.345. The highest BCUT2D eigenvalue weighted by molar-refractivity contribution is 5.19. The Morgan fingerprint density at radius 3 is 2.46 bits per heavy atom. The zero-order valence-corrected chi connectivity index (χ0v) is 8.16. The van der Waals surface area contributed by atoms with Gasteiger partial charge in [0.2, 0.25) is 0 Å². The molecule has 0 amide bonds. The third-order valence-corrected chi connectivity index (χ3v) is 1.52. The fraction of sp³-hybridized carbons (Fsp3) is 0.167. The lowest BCUT2D eigenvalue weighted by Gasteiger charge is -2.03. The van der Waals surface area contributed by atoms with Crippen LogP contribution in [0.2, 0.25) is 0 Å². The summed E-state index contributed by atoms with van der Waals surface area (Å²) < 4.78 is 0. The molecule has 0 aromatic carbocycles. The van der Waals surface area contributed by atoms with Crippen LogP contribution in [-0.2, 0) is 0 Å². The van der Waals surface area contributed by atoms with Crippen LogP contribution < -0.4 is 5.32 Å². The van der Waals surface area contributed by atoms with E-state index >= 15 is 0 Å². The van der Waals surface area contributed by atoms with Gasteiger partial charge >= 0.3 is 0 Å². The normalized spacial score (nSPS) is 13.8. The van der Waals surface area contributed by atoms with E-state index in [4.69, 9.17) is 0 Å². The molecule has 1 atom stereocenters. The third-order valence-electron chi connectivity index (χ3n) is 1.52. The first-order chi connectivity index (χ1) is 6.24. The van der Waals surface area contributed by atoms with E-state index in [1.54, 1.807) is 12.2 Å². The predicted octanol–water partition coefficient (Wildman–Crippen LogP) is 3.17. The van der Waals surface area contributed by atoms with Crippen LogP contribution in [0, 0.1) is 5.92 Å². The first kappa shape index (κ1) is 11.5. The van der Waals surface area contributed by atoms with E-state index in [-0.39, 0.29) is 0 Å². The van der Waals surface area contributed by atoms with E-state index in [9.17, 15) is 0 Å². The fourth-order valence-electron chi connectivity index (χ4n) is 0.739. The Balaban J connectivity index is 4.23. The lowest BCUT2D eigenvalue weighted by molar-refractivity contribution is 0.913. The average Bonchev–Trinajstić information content (AvgIpc) is 2.16. The topological polar surface area (TPSA) is 12.0 Å². The maximum atomic E-state index is 3.70. The zero-order chi connectivity index (χ0) is 10.1. The predicted molar refractivity (Wildman–Crippen MR) is 60.1 cm³/mol. The second kappa shape index (κ2) is 7.17. The first-order valence-electron chi connectivity index (χ1n) is 4.25. The van der Waals surface area contributed by atoms with E-state index in [0.717, 1.165) is 5.70 Å². The first-order valence-corrected chi connectivity index (χ1v) is 4.25. The van der Waals surface area contributed by atoms with Crippen molar-refractivity contribution in [2.45, 2.75) is 6.92 Å². The maximum Gasteiger partial charge on any atom is 0.0339 e. The SMILES string of the molecule is C=C/C=C/NC(C=C)=CC(C)C=C. The summed E-state index contributed by atoms with van der Waals surface area (Å²) in [4.78, 5) is 0. The van der Waals surface area contributed by atoms with Crippen LogP contribution in [0.5, 0.6) is 0 Å². The lowest BCUT2D eigenvalue weighted by atomic mass is 10.1. The minimum absolute atomic E-state index is 0.345. The molecular formula is C12H17N. The van der Waals surface area contributed by atoms with Crippen LogP contribution in [0.15, 0.2) is 62.0 Å². The van der Waals surface area contributed by atoms with Crippen molar-refractivity contribution in [2.75, 3.05) is 0 Å². The smallest absolute Gasteiger partial charge is 0.0339 e. The molecule has 0 saturated carbocycles. The van der Waals surface area contributed by atoms with Crippen molar-refractivity contribution in [3.63, 3.8) is 0 Å². The highest BCUT2D eigenvalue weighted by Gasteiger charge is 1.91. The van der Waals surface area contributed by atoms with Crippen molar-refractivity contribution < 1.29 is 0 Å². The van der Waals surface area contributed by atoms with Crippen molar-refractivity contribution in [3.05, 3.63) is 62.0 Å². The molecule has 1 heteroatoms. The van der Waals surface area contributed by atoms with Crippen molar-refractivity contribution in [1.82, 2.24) is 5.32 Å². The Morgan fingerprint density at radius 1 is 1.31 bits per heavy atom. The Kier molecular flexibility index (Phi) is 6.34. The molecule has 0 rings (SSSR count). The standard InChI is InChI=1S/C12H17N/c1-5-8-9-13-12(7-3)10-11(4)6-2/h5-11,13H,1-3H2,4H3/b9-8+,12-10?. The van der Waals surface area contributed by atoms with Gasteiger partial charge in [0.25, 0.3) is 0 Å². The molecule has 0 bridgehead atoms. The summed E-state index contributed by atoms with van der Waals surface area (Å²) in [6.45, 7) is 13.0. The van der Waals surface area contributed by atoms with E-state index in [1.165, 1.54) is 0 Å². The Hall–Kier alpha value is -1.50. The molecule has 0 saturated heterocycles. The number of hydrogen-bond acceptors (Lipinski definition) is 1. The molecule has 0 fully saturated rings. The van der Waals surface area contributed by atoms with Gasteiger partial charge in [-0.3, -0.25) is 0 Å². The van der Waals surface area contributed by atoms with E-state index in [2.05, 4.69) is 32.0 Å². The van der Waals surface area contributed by atoms with Crippen LogP contribution in [0.4, 0.5) is 0 Å². The van der Waals surface area contributed by atoms with Gasteiger partial charge in [-0.05, 0) is 18.1 Å². The van der Waals surface area contributed by atoms with Crippen LogP contribution in [0.1, 0.15) is 6.92 Å². The molecule has 1 unspecified atom stereocenters. The molecule has 0 aliphatic carbocycles. The second-order valence-corrected chi connectivity index (χ2v) is 2.66. The van der Waals surface area contributed by atoms with Crippen molar-refractivity contribution in [1.29, 1.82) is 0 Å². The fourth-order valence-corrected chi connectivity index (χ4v) is 0.739. The minimum Gasteiger partial charge on any atom is -0.362 e. The summed E-state index contributed by atoms with van der Waals surface area (Å²) in [6.07, 6.45) is 11.1. The van der Waals surface area contributed by atoms with Gasteiger partial charge in [-0.2, -0.15) is 0 Å². The quantitative estimate of drug-likeness (QED) is 0.483. The number of nitrogens with one attached hydrogen (secondary N) is 1. The van der Waals surface area contributed by atoms with Crippen molar-refractivity contribution in [2.24, 2.45) is 5.92 Å². The Morgan fingerprint density at radius 2 is 2.00 bits per heavy atom. The molecule has 0 aromatic heterocycles. The molecule has 13 heavy (non-hydrogen) atoms. The van der Waals surface area contributed by atoms with Gasteiger partial charge in [0, 0.05) is 11.9 Å². The van der Waals surface area contributed by atoms with Gasteiger partial charge in [-0.15, -0.1) is 6.58 Å². The molecule has 0 aromatic rings. The van der Waals surface area contributed by atoms with Crippen LogP contribution in [-0.4, -0.2) is 0 Å². The van der Waals surface area contributed by atoms with Gasteiger partial charge in [0.1, 0.15) is 0 Å². The highest BCUT2D eigenvalue weighted by atomic mass is 14.8. The third kappa shape index (κ3) is 5.74. The van der Waals surface area contributed by atoms with Gasteiger partial charge in [-0.1, -0.05) is 38.3 Å². The van der Waals surface area contributed by atoms with Crippen molar-refractivity contribution >= 4 is 0 Å². The number of allylic oxidation sites excluding steroid dienone is 5. The average molecular weight is 175 g/mol. The largest absolute Gasteiger partial charge is 0.362 e. The zero-order valence-electron chi connectivity index (χ0n) is 8.16. The molecule has 1 nitrogen and oxygen atoms in total. The Labute approximate surface area is 80.9 Å². The maximum absolute atomic E-state index is 3.70. The van der Waals surface area contributed by atoms with Crippen LogP contribution in [0.25, 0.3) is 0 Å². The van der Waals surface area contributed by atoms with E-state index in [1.807, 2.05) is 24.4 Å². The summed E-state index contributed by atoms with van der Waals surface area (Å²) >= 11 is 0. The highest BCUT2D eigenvalue weighted by Crippen LogP contribution is 2.02. The van der Waals surface area contributed by atoms with E-state index in [0.29, 0.717) is 5.92 Å². The molecule has 0 spiro atoms. The van der Waals surface area contributed by atoms with Gasteiger partial charge < -0.3 is 5.32 Å². The second-order valence-electron chi connectivity index (χ2n) is 2.66. The number of rotatable bonds is 6. The molecule has 0 aliphatic rings. The van der Waals surface area contributed by atoms with Gasteiger partial charge in [0.15, 0.2) is 0 Å². The van der Waals surface area contributed by atoms with Gasteiger partial charge in [0.05, 0.1) is 0 Å².